The Morgan fingerprint density at radius 3 is 2.71 bits per heavy atom. The number of hydrogen-bond acceptors (Lipinski definition) is 4. The smallest absolute Gasteiger partial charge is 0.190 e. The molecule has 0 radical (unpaired) electrons. The highest BCUT2D eigenvalue weighted by Gasteiger charge is 2.26. The van der Waals surface area contributed by atoms with Crippen LogP contribution in [0.2, 0.25) is 0 Å². The zero-order chi connectivity index (χ0) is 15.1. The molecular formula is C17H25NO2S. The number of benzene rings is 1. The molecule has 116 valence electrons. The highest BCUT2D eigenvalue weighted by Crippen LogP contribution is 2.32. The lowest BCUT2D eigenvalue weighted by Crippen LogP contribution is -2.32. The molecule has 1 saturated carbocycles. The van der Waals surface area contributed by atoms with E-state index in [1.165, 1.54) is 43.9 Å². The van der Waals surface area contributed by atoms with Crippen molar-refractivity contribution in [2.24, 2.45) is 5.92 Å². The van der Waals surface area contributed by atoms with E-state index >= 15 is 0 Å². The topological polar surface area (TPSA) is 49.3 Å². The Morgan fingerprint density at radius 1 is 1.33 bits per heavy atom. The van der Waals surface area contributed by atoms with Crippen molar-refractivity contribution in [2.75, 3.05) is 11.1 Å². The van der Waals surface area contributed by atoms with Crippen molar-refractivity contribution >= 4 is 22.6 Å². The van der Waals surface area contributed by atoms with E-state index in [-0.39, 0.29) is 16.9 Å². The van der Waals surface area contributed by atoms with Crippen molar-refractivity contribution in [3.8, 4) is 5.75 Å². The van der Waals surface area contributed by atoms with E-state index in [0.717, 1.165) is 11.4 Å². The molecule has 1 aliphatic carbocycles. The fourth-order valence-corrected chi connectivity index (χ4v) is 3.69. The van der Waals surface area contributed by atoms with E-state index in [9.17, 15) is 9.90 Å². The summed E-state index contributed by atoms with van der Waals surface area (Å²) in [6.45, 7) is 2.01. The zero-order valence-electron chi connectivity index (χ0n) is 12.7. The second-order valence-corrected chi connectivity index (χ2v) is 7.00. The van der Waals surface area contributed by atoms with Gasteiger partial charge in [-0.2, -0.15) is 0 Å². The third-order valence-corrected chi connectivity index (χ3v) is 4.93. The summed E-state index contributed by atoms with van der Waals surface area (Å²) in [4.78, 5) is 12.0. The van der Waals surface area contributed by atoms with Crippen LogP contribution in [0.15, 0.2) is 24.3 Å². The van der Waals surface area contributed by atoms with Gasteiger partial charge in [0.25, 0.3) is 0 Å². The molecule has 0 saturated heterocycles. The number of thioether (sulfide) groups is 1. The van der Waals surface area contributed by atoms with Crippen LogP contribution in [-0.2, 0) is 4.79 Å². The summed E-state index contributed by atoms with van der Waals surface area (Å²) in [5.74, 6) is 1.61. The minimum atomic E-state index is 0.130. The molecule has 1 aliphatic rings. The molecule has 2 N–H and O–H groups in total. The van der Waals surface area contributed by atoms with Gasteiger partial charge in [-0.25, -0.2) is 0 Å². The predicted octanol–water partition coefficient (Wildman–Crippen LogP) is 4.42. The van der Waals surface area contributed by atoms with Gasteiger partial charge >= 0.3 is 0 Å². The summed E-state index contributed by atoms with van der Waals surface area (Å²) < 4.78 is 0. The second-order valence-electron chi connectivity index (χ2n) is 5.68. The van der Waals surface area contributed by atoms with E-state index in [4.69, 9.17) is 0 Å². The summed E-state index contributed by atoms with van der Waals surface area (Å²) in [6.07, 6.45) is 6.69. The number of carbonyl (C=O) groups excluding carboxylic acids is 1. The number of carbonyl (C=O) groups is 1. The standard InChI is InChI=1S/C17H25NO2S/c1-2-21-17(20)12-15(13-8-4-3-5-9-13)18-14-10-6-7-11-16(14)19/h6-7,10-11,13,15,18-19H,2-5,8-9,12H2,1H3/t15-/m0/s1. The third-order valence-electron chi connectivity index (χ3n) is 4.16. The normalized spacial score (nSPS) is 17.4. The van der Waals surface area contributed by atoms with Crippen LogP contribution in [0.1, 0.15) is 45.4 Å². The van der Waals surface area contributed by atoms with Gasteiger partial charge in [0.2, 0.25) is 0 Å². The van der Waals surface area contributed by atoms with Gasteiger partial charge in [-0.15, -0.1) is 0 Å². The first-order valence-corrected chi connectivity index (χ1v) is 8.89. The molecule has 4 heteroatoms. The number of phenolic OH excluding ortho intramolecular Hbond substituents is 1. The van der Waals surface area contributed by atoms with Gasteiger partial charge in [0.1, 0.15) is 5.75 Å². The molecule has 2 rings (SSSR count). The number of nitrogens with one attached hydrogen (secondary N) is 1. The summed E-state index contributed by atoms with van der Waals surface area (Å²) in [7, 11) is 0. The number of phenols is 1. The van der Waals surface area contributed by atoms with Gasteiger partial charge in [-0.1, -0.05) is 50.1 Å². The molecule has 21 heavy (non-hydrogen) atoms. The number of anilines is 1. The third kappa shape index (κ3) is 4.95. The van der Waals surface area contributed by atoms with Gasteiger partial charge < -0.3 is 10.4 Å². The first kappa shape index (κ1) is 16.2. The Hall–Kier alpha value is -1.16. The summed E-state index contributed by atoms with van der Waals surface area (Å²) in [6, 6.07) is 7.41. The van der Waals surface area contributed by atoms with Crippen LogP contribution in [0, 0.1) is 5.92 Å². The van der Waals surface area contributed by atoms with Crippen molar-refractivity contribution < 1.29 is 9.90 Å². The Morgan fingerprint density at radius 2 is 2.05 bits per heavy atom. The fraction of sp³-hybridized carbons (Fsp3) is 0.588. The summed E-state index contributed by atoms with van der Waals surface area (Å²) in [5.41, 5.74) is 0.738. The van der Waals surface area contributed by atoms with Gasteiger partial charge in [0.15, 0.2) is 5.12 Å². The van der Waals surface area contributed by atoms with Crippen molar-refractivity contribution in [3.63, 3.8) is 0 Å². The number of para-hydroxylation sites is 2. The zero-order valence-corrected chi connectivity index (χ0v) is 13.5. The van der Waals surface area contributed by atoms with Crippen LogP contribution in [-0.4, -0.2) is 22.0 Å². The van der Waals surface area contributed by atoms with Crippen LogP contribution in [0.5, 0.6) is 5.75 Å². The molecule has 0 aromatic heterocycles. The van der Waals surface area contributed by atoms with E-state index in [1.807, 2.05) is 25.1 Å². The molecular weight excluding hydrogens is 282 g/mol. The van der Waals surface area contributed by atoms with Crippen molar-refractivity contribution in [3.05, 3.63) is 24.3 Å². The molecule has 1 aromatic carbocycles. The van der Waals surface area contributed by atoms with Gasteiger partial charge in [0, 0.05) is 12.5 Å². The van der Waals surface area contributed by atoms with E-state index < -0.39 is 0 Å². The minimum absolute atomic E-state index is 0.130. The van der Waals surface area contributed by atoms with Crippen molar-refractivity contribution in [1.29, 1.82) is 0 Å². The Balaban J connectivity index is 2.07. The van der Waals surface area contributed by atoms with Crippen molar-refractivity contribution in [1.82, 2.24) is 0 Å². The lowest BCUT2D eigenvalue weighted by atomic mass is 9.82. The van der Waals surface area contributed by atoms with Crippen molar-refractivity contribution in [2.45, 2.75) is 51.5 Å². The van der Waals surface area contributed by atoms with E-state index in [1.54, 1.807) is 6.07 Å². The lowest BCUT2D eigenvalue weighted by Gasteiger charge is -2.31. The van der Waals surface area contributed by atoms with E-state index in [0.29, 0.717) is 12.3 Å². The molecule has 1 atom stereocenters. The maximum absolute atomic E-state index is 12.0. The van der Waals surface area contributed by atoms with Crippen LogP contribution >= 0.6 is 11.8 Å². The Labute approximate surface area is 131 Å². The predicted molar refractivity (Wildman–Crippen MR) is 89.8 cm³/mol. The lowest BCUT2D eigenvalue weighted by molar-refractivity contribution is -0.111. The van der Waals surface area contributed by atoms with Crippen LogP contribution in [0.3, 0.4) is 0 Å². The van der Waals surface area contributed by atoms with Gasteiger partial charge in [-0.3, -0.25) is 4.79 Å². The average Bonchev–Trinajstić information content (AvgIpc) is 2.50. The molecule has 0 spiro atoms. The largest absolute Gasteiger partial charge is 0.506 e. The van der Waals surface area contributed by atoms with Crippen LogP contribution in [0.25, 0.3) is 0 Å². The van der Waals surface area contributed by atoms with Crippen LogP contribution in [0.4, 0.5) is 5.69 Å². The molecule has 1 fully saturated rings. The van der Waals surface area contributed by atoms with Gasteiger partial charge in [-0.05, 0) is 36.6 Å². The quantitative estimate of drug-likeness (QED) is 0.764. The molecule has 0 heterocycles. The molecule has 0 aliphatic heterocycles. The molecule has 0 bridgehead atoms. The Kier molecular flexibility index (Phi) is 6.43. The maximum Gasteiger partial charge on any atom is 0.190 e. The molecule has 0 unspecified atom stereocenters. The summed E-state index contributed by atoms with van der Waals surface area (Å²) >= 11 is 1.40. The average molecular weight is 307 g/mol. The molecule has 3 nitrogen and oxygen atoms in total. The SMILES string of the molecule is CCSC(=O)C[C@H](Nc1ccccc1O)C1CCCCC1. The molecule has 0 amide bonds. The minimum Gasteiger partial charge on any atom is -0.506 e. The first-order valence-electron chi connectivity index (χ1n) is 7.91. The second kappa shape index (κ2) is 8.32. The fourth-order valence-electron chi connectivity index (χ4n) is 3.07. The monoisotopic (exact) mass is 307 g/mol. The first-order chi connectivity index (χ1) is 10.2. The maximum atomic E-state index is 12.0. The van der Waals surface area contributed by atoms with Crippen LogP contribution < -0.4 is 5.32 Å². The number of hydrogen-bond donors (Lipinski definition) is 2. The molecule has 1 aromatic rings. The number of aromatic hydroxyl groups is 1. The highest BCUT2D eigenvalue weighted by molar-refractivity contribution is 8.13. The summed E-state index contributed by atoms with van der Waals surface area (Å²) in [5, 5.41) is 13.6. The van der Waals surface area contributed by atoms with E-state index in [2.05, 4.69) is 5.32 Å². The highest BCUT2D eigenvalue weighted by atomic mass is 32.2. The number of rotatable bonds is 6. The van der Waals surface area contributed by atoms with Gasteiger partial charge in [0.05, 0.1) is 5.69 Å². The Bertz CT molecular complexity index is 458.